The van der Waals surface area contributed by atoms with Gasteiger partial charge in [0.15, 0.2) is 0 Å². The minimum absolute atomic E-state index is 0.269. The number of rotatable bonds is 2. The quantitative estimate of drug-likeness (QED) is 0.789. The van der Waals surface area contributed by atoms with Gasteiger partial charge in [0, 0.05) is 5.56 Å². The van der Waals surface area contributed by atoms with Crippen LogP contribution in [0.25, 0.3) is 0 Å². The van der Waals surface area contributed by atoms with Gasteiger partial charge in [-0.05, 0) is 29.7 Å². The van der Waals surface area contributed by atoms with Crippen LogP contribution < -0.4 is 0 Å². The van der Waals surface area contributed by atoms with Crippen LogP contribution in [0.5, 0.6) is 5.75 Å². The SMILES string of the molecule is Oc1ccc(Cc2ccc(C(Cl)(Cl)Cl)cc2)cc1. The van der Waals surface area contributed by atoms with E-state index in [1.165, 1.54) is 0 Å². The zero-order chi connectivity index (χ0) is 13.2. The maximum Gasteiger partial charge on any atom is 0.216 e. The highest BCUT2D eigenvalue weighted by Gasteiger charge is 2.21. The molecule has 0 unspecified atom stereocenters. The molecule has 2 aromatic rings. The number of benzene rings is 2. The first-order valence-electron chi connectivity index (χ1n) is 5.39. The maximum absolute atomic E-state index is 9.20. The van der Waals surface area contributed by atoms with Crippen molar-refractivity contribution >= 4 is 34.8 Å². The summed E-state index contributed by atoms with van der Waals surface area (Å²) in [6.45, 7) is 0. The number of halogens is 3. The summed E-state index contributed by atoms with van der Waals surface area (Å²) in [6, 6.07) is 14.6. The van der Waals surface area contributed by atoms with Gasteiger partial charge in [0.05, 0.1) is 0 Å². The summed E-state index contributed by atoms with van der Waals surface area (Å²) in [7, 11) is 0. The average Bonchev–Trinajstić information content (AvgIpc) is 2.32. The Kier molecular flexibility index (Phi) is 4.06. The zero-order valence-electron chi connectivity index (χ0n) is 9.41. The third kappa shape index (κ3) is 3.55. The van der Waals surface area contributed by atoms with E-state index in [1.54, 1.807) is 12.1 Å². The summed E-state index contributed by atoms with van der Waals surface area (Å²) in [5.41, 5.74) is 2.90. The summed E-state index contributed by atoms with van der Waals surface area (Å²) < 4.78 is -1.38. The zero-order valence-corrected chi connectivity index (χ0v) is 11.7. The van der Waals surface area contributed by atoms with Crippen molar-refractivity contribution in [2.75, 3.05) is 0 Å². The van der Waals surface area contributed by atoms with Crippen LogP contribution in [-0.4, -0.2) is 5.11 Å². The van der Waals surface area contributed by atoms with Crippen LogP contribution in [0.15, 0.2) is 48.5 Å². The van der Waals surface area contributed by atoms with Crippen molar-refractivity contribution in [3.8, 4) is 5.75 Å². The van der Waals surface area contributed by atoms with Gasteiger partial charge in [-0.15, -0.1) is 0 Å². The fraction of sp³-hybridized carbons (Fsp3) is 0.143. The van der Waals surface area contributed by atoms with Gasteiger partial charge in [0.2, 0.25) is 3.79 Å². The van der Waals surface area contributed by atoms with E-state index < -0.39 is 3.79 Å². The Morgan fingerprint density at radius 2 is 1.22 bits per heavy atom. The van der Waals surface area contributed by atoms with Crippen molar-refractivity contribution in [1.82, 2.24) is 0 Å². The maximum atomic E-state index is 9.20. The van der Waals surface area contributed by atoms with Gasteiger partial charge in [0.1, 0.15) is 5.75 Å². The largest absolute Gasteiger partial charge is 0.508 e. The molecule has 18 heavy (non-hydrogen) atoms. The summed E-state index contributed by atoms with van der Waals surface area (Å²) in [5, 5.41) is 9.20. The topological polar surface area (TPSA) is 20.2 Å². The van der Waals surface area contributed by atoms with E-state index in [-0.39, 0.29) is 5.75 Å². The highest BCUT2D eigenvalue weighted by Crippen LogP contribution is 2.38. The Bertz CT molecular complexity index is 512. The van der Waals surface area contributed by atoms with Crippen molar-refractivity contribution in [1.29, 1.82) is 0 Å². The van der Waals surface area contributed by atoms with Crippen LogP contribution in [0.3, 0.4) is 0 Å². The van der Waals surface area contributed by atoms with Gasteiger partial charge in [-0.1, -0.05) is 71.2 Å². The molecule has 0 aliphatic heterocycles. The molecule has 0 amide bonds. The standard InChI is InChI=1S/C14H11Cl3O/c15-14(16,17)12-5-1-10(2-6-12)9-11-3-7-13(18)8-4-11/h1-8,18H,9H2. The van der Waals surface area contributed by atoms with E-state index in [2.05, 4.69) is 0 Å². The fourth-order valence-electron chi connectivity index (χ4n) is 1.66. The monoisotopic (exact) mass is 300 g/mol. The second kappa shape index (κ2) is 5.40. The van der Waals surface area contributed by atoms with Crippen molar-refractivity contribution in [3.63, 3.8) is 0 Å². The second-order valence-corrected chi connectivity index (χ2v) is 6.32. The first-order valence-corrected chi connectivity index (χ1v) is 6.52. The lowest BCUT2D eigenvalue weighted by atomic mass is 10.0. The molecule has 0 saturated heterocycles. The van der Waals surface area contributed by atoms with Crippen molar-refractivity contribution in [2.45, 2.75) is 10.2 Å². The molecule has 4 heteroatoms. The van der Waals surface area contributed by atoms with Gasteiger partial charge in [-0.2, -0.15) is 0 Å². The third-order valence-electron chi connectivity index (χ3n) is 2.63. The Labute approximate surface area is 121 Å². The Morgan fingerprint density at radius 3 is 1.67 bits per heavy atom. The van der Waals surface area contributed by atoms with E-state index >= 15 is 0 Å². The molecule has 2 rings (SSSR count). The molecule has 0 spiro atoms. The predicted molar refractivity (Wildman–Crippen MR) is 76.6 cm³/mol. The van der Waals surface area contributed by atoms with Crippen LogP contribution in [-0.2, 0) is 10.2 Å². The summed E-state index contributed by atoms with van der Waals surface area (Å²) in [6.07, 6.45) is 0.778. The first-order chi connectivity index (χ1) is 8.45. The summed E-state index contributed by atoms with van der Waals surface area (Å²) in [4.78, 5) is 0. The lowest BCUT2D eigenvalue weighted by Gasteiger charge is -2.11. The van der Waals surface area contributed by atoms with Crippen molar-refractivity contribution < 1.29 is 5.11 Å². The minimum atomic E-state index is -1.38. The average molecular weight is 302 g/mol. The number of hydrogen-bond acceptors (Lipinski definition) is 1. The number of hydrogen-bond donors (Lipinski definition) is 1. The normalized spacial score (nSPS) is 11.5. The Hall–Kier alpha value is -0.890. The minimum Gasteiger partial charge on any atom is -0.508 e. The van der Waals surface area contributed by atoms with Gasteiger partial charge in [0.25, 0.3) is 0 Å². The molecular weight excluding hydrogens is 291 g/mol. The summed E-state index contributed by atoms with van der Waals surface area (Å²) >= 11 is 17.4. The molecule has 0 saturated carbocycles. The van der Waals surface area contributed by atoms with Crippen LogP contribution in [0.4, 0.5) is 0 Å². The summed E-state index contributed by atoms with van der Waals surface area (Å²) in [5.74, 6) is 0.269. The molecule has 0 aliphatic carbocycles. The van der Waals surface area contributed by atoms with Crippen molar-refractivity contribution in [3.05, 3.63) is 65.2 Å². The highest BCUT2D eigenvalue weighted by molar-refractivity contribution is 6.66. The first kappa shape index (κ1) is 13.5. The highest BCUT2D eigenvalue weighted by atomic mass is 35.6. The fourth-order valence-corrected chi connectivity index (χ4v) is 2.04. The Morgan fingerprint density at radius 1 is 0.778 bits per heavy atom. The molecule has 0 radical (unpaired) electrons. The lowest BCUT2D eigenvalue weighted by molar-refractivity contribution is 0.475. The van der Waals surface area contributed by atoms with Crippen molar-refractivity contribution in [2.24, 2.45) is 0 Å². The van der Waals surface area contributed by atoms with Gasteiger partial charge in [-0.25, -0.2) is 0 Å². The lowest BCUT2D eigenvalue weighted by Crippen LogP contribution is -1.99. The van der Waals surface area contributed by atoms with Crippen LogP contribution in [0, 0.1) is 0 Å². The van der Waals surface area contributed by atoms with Crippen LogP contribution in [0.2, 0.25) is 0 Å². The molecule has 2 aromatic carbocycles. The molecule has 94 valence electrons. The smallest absolute Gasteiger partial charge is 0.216 e. The van der Waals surface area contributed by atoms with Gasteiger partial charge >= 0.3 is 0 Å². The molecule has 0 aromatic heterocycles. The molecule has 0 fully saturated rings. The van der Waals surface area contributed by atoms with E-state index in [0.29, 0.717) is 5.56 Å². The number of phenols is 1. The van der Waals surface area contributed by atoms with E-state index in [0.717, 1.165) is 17.5 Å². The van der Waals surface area contributed by atoms with Gasteiger partial charge in [-0.3, -0.25) is 0 Å². The van der Waals surface area contributed by atoms with E-state index in [4.69, 9.17) is 34.8 Å². The molecule has 0 atom stereocenters. The van der Waals surface area contributed by atoms with Gasteiger partial charge < -0.3 is 5.11 Å². The molecule has 0 heterocycles. The third-order valence-corrected chi connectivity index (χ3v) is 3.28. The van der Waals surface area contributed by atoms with E-state index in [1.807, 2.05) is 36.4 Å². The number of phenolic OH excluding ortho intramolecular Hbond substituents is 1. The van der Waals surface area contributed by atoms with E-state index in [9.17, 15) is 5.11 Å². The van der Waals surface area contributed by atoms with Crippen LogP contribution >= 0.6 is 34.8 Å². The number of aromatic hydroxyl groups is 1. The molecule has 1 nitrogen and oxygen atoms in total. The number of alkyl halides is 3. The van der Waals surface area contributed by atoms with Crippen LogP contribution in [0.1, 0.15) is 16.7 Å². The molecule has 0 aliphatic rings. The predicted octanol–water partition coefficient (Wildman–Crippen LogP) is 4.81. The molecule has 1 N–H and O–H groups in total. The molecular formula is C14H11Cl3O. The molecule has 0 bridgehead atoms. The Balaban J connectivity index is 2.13. The second-order valence-electron chi connectivity index (χ2n) is 4.04.